The first kappa shape index (κ1) is 12.2. The van der Waals surface area contributed by atoms with Crippen molar-refractivity contribution in [1.82, 2.24) is 15.1 Å². The standard InChI is InChI=1S/C10H15N3O3/c1-7(2)12-10(16)8-3-5-11-13(8)6-4-9(14)15/h3,5,7H,4,6H2,1-2H3,(H,12,16)(H,14,15). The molecule has 0 bridgehead atoms. The van der Waals surface area contributed by atoms with Crippen molar-refractivity contribution in [3.05, 3.63) is 18.0 Å². The third-order valence-corrected chi connectivity index (χ3v) is 1.91. The molecule has 0 saturated heterocycles. The lowest BCUT2D eigenvalue weighted by molar-refractivity contribution is -0.137. The zero-order valence-electron chi connectivity index (χ0n) is 9.30. The Hall–Kier alpha value is -1.85. The highest BCUT2D eigenvalue weighted by Gasteiger charge is 2.13. The minimum atomic E-state index is -0.911. The quantitative estimate of drug-likeness (QED) is 0.764. The Morgan fingerprint density at radius 2 is 2.25 bits per heavy atom. The molecule has 1 aromatic rings. The lowest BCUT2D eigenvalue weighted by Gasteiger charge is -2.09. The van der Waals surface area contributed by atoms with E-state index in [4.69, 9.17) is 5.11 Å². The van der Waals surface area contributed by atoms with Crippen LogP contribution in [0.25, 0.3) is 0 Å². The molecule has 0 saturated carbocycles. The maximum absolute atomic E-state index is 11.7. The van der Waals surface area contributed by atoms with Crippen LogP contribution in [0.15, 0.2) is 12.3 Å². The van der Waals surface area contributed by atoms with Gasteiger partial charge in [-0.05, 0) is 19.9 Å². The van der Waals surface area contributed by atoms with Gasteiger partial charge in [0.25, 0.3) is 5.91 Å². The van der Waals surface area contributed by atoms with Gasteiger partial charge < -0.3 is 10.4 Å². The number of aliphatic carboxylic acids is 1. The Morgan fingerprint density at radius 3 is 2.81 bits per heavy atom. The van der Waals surface area contributed by atoms with E-state index in [9.17, 15) is 9.59 Å². The molecule has 0 unspecified atom stereocenters. The molecule has 0 aromatic carbocycles. The molecular formula is C10H15N3O3. The van der Waals surface area contributed by atoms with Crippen LogP contribution in [-0.4, -0.2) is 32.8 Å². The third-order valence-electron chi connectivity index (χ3n) is 1.91. The fraction of sp³-hybridized carbons (Fsp3) is 0.500. The van der Waals surface area contributed by atoms with Crippen molar-refractivity contribution < 1.29 is 14.7 Å². The fourth-order valence-electron chi connectivity index (χ4n) is 1.24. The van der Waals surface area contributed by atoms with Gasteiger partial charge >= 0.3 is 5.97 Å². The number of nitrogens with zero attached hydrogens (tertiary/aromatic N) is 2. The van der Waals surface area contributed by atoms with E-state index in [0.29, 0.717) is 5.69 Å². The van der Waals surface area contributed by atoms with Crippen LogP contribution in [0.3, 0.4) is 0 Å². The number of rotatable bonds is 5. The second-order valence-corrected chi connectivity index (χ2v) is 3.71. The van der Waals surface area contributed by atoms with E-state index in [1.807, 2.05) is 13.8 Å². The first-order valence-electron chi connectivity index (χ1n) is 5.05. The Labute approximate surface area is 93.3 Å². The number of nitrogens with one attached hydrogen (secondary N) is 1. The van der Waals surface area contributed by atoms with Gasteiger partial charge in [-0.1, -0.05) is 0 Å². The molecule has 2 N–H and O–H groups in total. The minimum absolute atomic E-state index is 0.0373. The molecule has 0 fully saturated rings. The van der Waals surface area contributed by atoms with Crippen molar-refractivity contribution in [1.29, 1.82) is 0 Å². The molecule has 6 nitrogen and oxygen atoms in total. The van der Waals surface area contributed by atoms with Gasteiger partial charge in [-0.3, -0.25) is 14.3 Å². The Bertz CT molecular complexity index is 384. The van der Waals surface area contributed by atoms with Crippen LogP contribution in [0.1, 0.15) is 30.8 Å². The van der Waals surface area contributed by atoms with Crippen LogP contribution in [0.5, 0.6) is 0 Å². The molecule has 0 aliphatic rings. The van der Waals surface area contributed by atoms with Crippen molar-refractivity contribution in [3.63, 3.8) is 0 Å². The number of hydrogen-bond acceptors (Lipinski definition) is 3. The highest BCUT2D eigenvalue weighted by Crippen LogP contribution is 2.01. The smallest absolute Gasteiger partial charge is 0.305 e. The third kappa shape index (κ3) is 3.38. The van der Waals surface area contributed by atoms with Crippen molar-refractivity contribution in [2.75, 3.05) is 0 Å². The van der Waals surface area contributed by atoms with Crippen LogP contribution in [-0.2, 0) is 11.3 Å². The molecule has 0 atom stereocenters. The van der Waals surface area contributed by atoms with Crippen molar-refractivity contribution in [2.45, 2.75) is 32.9 Å². The van der Waals surface area contributed by atoms with Gasteiger partial charge in [-0.2, -0.15) is 5.10 Å². The summed E-state index contributed by atoms with van der Waals surface area (Å²) in [7, 11) is 0. The van der Waals surface area contributed by atoms with Gasteiger partial charge in [0.2, 0.25) is 0 Å². The summed E-state index contributed by atoms with van der Waals surface area (Å²) >= 11 is 0. The summed E-state index contributed by atoms with van der Waals surface area (Å²) in [6.45, 7) is 3.91. The average molecular weight is 225 g/mol. The normalized spacial score (nSPS) is 10.4. The van der Waals surface area contributed by atoms with Gasteiger partial charge in [0.05, 0.1) is 13.0 Å². The van der Waals surface area contributed by atoms with Crippen LogP contribution < -0.4 is 5.32 Å². The summed E-state index contributed by atoms with van der Waals surface area (Å²) in [6.07, 6.45) is 1.43. The molecule has 1 rings (SSSR count). The maximum Gasteiger partial charge on any atom is 0.305 e. The van der Waals surface area contributed by atoms with E-state index >= 15 is 0 Å². The molecule has 0 aliphatic carbocycles. The van der Waals surface area contributed by atoms with Crippen molar-refractivity contribution in [3.8, 4) is 0 Å². The molecule has 16 heavy (non-hydrogen) atoms. The van der Waals surface area contributed by atoms with Gasteiger partial charge in [-0.25, -0.2) is 0 Å². The van der Waals surface area contributed by atoms with Gasteiger partial charge in [0.1, 0.15) is 5.69 Å². The van der Waals surface area contributed by atoms with Crippen molar-refractivity contribution >= 4 is 11.9 Å². The molecule has 88 valence electrons. The topological polar surface area (TPSA) is 84.2 Å². The van der Waals surface area contributed by atoms with E-state index in [1.54, 1.807) is 6.07 Å². The minimum Gasteiger partial charge on any atom is -0.481 e. The van der Waals surface area contributed by atoms with E-state index in [0.717, 1.165) is 0 Å². The van der Waals surface area contributed by atoms with E-state index in [2.05, 4.69) is 10.4 Å². The summed E-state index contributed by atoms with van der Waals surface area (Å²) in [5.74, 6) is -1.15. The van der Waals surface area contributed by atoms with Crippen LogP contribution in [0.4, 0.5) is 0 Å². The zero-order valence-corrected chi connectivity index (χ0v) is 9.30. The second-order valence-electron chi connectivity index (χ2n) is 3.71. The van der Waals surface area contributed by atoms with Crippen molar-refractivity contribution in [2.24, 2.45) is 0 Å². The summed E-state index contributed by atoms with van der Waals surface area (Å²) in [6, 6.07) is 1.61. The molecule has 0 aliphatic heterocycles. The molecule has 1 aromatic heterocycles. The van der Waals surface area contributed by atoms with Crippen LogP contribution >= 0.6 is 0 Å². The number of hydrogen-bond donors (Lipinski definition) is 2. The highest BCUT2D eigenvalue weighted by atomic mass is 16.4. The number of amides is 1. The molecule has 0 spiro atoms. The first-order valence-corrected chi connectivity index (χ1v) is 5.05. The summed E-state index contributed by atoms with van der Waals surface area (Å²) in [4.78, 5) is 22.1. The molecule has 1 amide bonds. The Kier molecular flexibility index (Phi) is 4.04. The molecule has 0 radical (unpaired) electrons. The van der Waals surface area contributed by atoms with Gasteiger partial charge in [0.15, 0.2) is 0 Å². The number of aryl methyl sites for hydroxylation is 1. The maximum atomic E-state index is 11.7. The predicted molar refractivity (Wildman–Crippen MR) is 57.1 cm³/mol. The molecule has 6 heteroatoms. The van der Waals surface area contributed by atoms with Gasteiger partial charge in [0, 0.05) is 12.2 Å². The zero-order chi connectivity index (χ0) is 12.1. The summed E-state index contributed by atoms with van der Waals surface area (Å²) < 4.78 is 1.39. The van der Waals surface area contributed by atoms with E-state index in [-0.39, 0.29) is 24.9 Å². The number of carbonyl (C=O) groups excluding carboxylic acids is 1. The predicted octanol–water partition coefficient (Wildman–Crippen LogP) is 0.496. The highest BCUT2D eigenvalue weighted by molar-refractivity contribution is 5.92. The summed E-state index contributed by atoms with van der Waals surface area (Å²) in [5.41, 5.74) is 0.384. The lowest BCUT2D eigenvalue weighted by atomic mass is 10.3. The van der Waals surface area contributed by atoms with Crippen LogP contribution in [0.2, 0.25) is 0 Å². The molecule has 1 heterocycles. The number of aromatic nitrogens is 2. The SMILES string of the molecule is CC(C)NC(=O)c1ccnn1CCC(=O)O. The van der Waals surface area contributed by atoms with Crippen LogP contribution in [0, 0.1) is 0 Å². The largest absolute Gasteiger partial charge is 0.481 e. The van der Waals surface area contributed by atoms with E-state index in [1.165, 1.54) is 10.9 Å². The second kappa shape index (κ2) is 5.29. The Morgan fingerprint density at radius 1 is 1.56 bits per heavy atom. The fourth-order valence-corrected chi connectivity index (χ4v) is 1.24. The number of carboxylic acid groups (broad SMARTS) is 1. The monoisotopic (exact) mass is 225 g/mol. The number of carbonyl (C=O) groups is 2. The lowest BCUT2D eigenvalue weighted by Crippen LogP contribution is -2.32. The first-order chi connectivity index (χ1) is 7.50. The van der Waals surface area contributed by atoms with Gasteiger partial charge in [-0.15, -0.1) is 0 Å². The molecular weight excluding hydrogens is 210 g/mol. The Balaban J connectivity index is 2.69. The number of carboxylic acids is 1. The summed E-state index contributed by atoms with van der Waals surface area (Å²) in [5, 5.41) is 15.2. The van der Waals surface area contributed by atoms with E-state index < -0.39 is 5.97 Å². The average Bonchev–Trinajstić information content (AvgIpc) is 2.61.